The molecule has 1 atom stereocenters. The van der Waals surface area contributed by atoms with Gasteiger partial charge in [-0.3, -0.25) is 4.79 Å². The highest BCUT2D eigenvalue weighted by atomic mass is 32.2. The summed E-state index contributed by atoms with van der Waals surface area (Å²) in [6.45, 7) is 3.13. The first-order valence-corrected chi connectivity index (χ1v) is 6.56. The number of nitrogens with zero attached hydrogens (tertiary/aromatic N) is 1. The molecule has 0 aliphatic heterocycles. The number of aryl methyl sites for hydroxylation is 1. The Morgan fingerprint density at radius 3 is 2.74 bits per heavy atom. The molecule has 1 aromatic carbocycles. The molecular formula is C13H14N2O3S. The molecule has 1 amide bonds. The molecular weight excluding hydrogens is 264 g/mol. The SMILES string of the molecule is CC(=O)N[C@@H](CSc1c(C)cccc1C#N)C(=O)O. The fraction of sp³-hybridized carbons (Fsp3) is 0.308. The molecule has 1 rings (SSSR count). The van der Waals surface area contributed by atoms with E-state index in [2.05, 4.69) is 11.4 Å². The Morgan fingerprint density at radius 1 is 1.53 bits per heavy atom. The number of thioether (sulfide) groups is 1. The first kappa shape index (κ1) is 15.1. The summed E-state index contributed by atoms with van der Waals surface area (Å²) in [7, 11) is 0. The number of aliphatic carboxylic acids is 1. The van der Waals surface area contributed by atoms with Crippen molar-refractivity contribution in [1.29, 1.82) is 5.26 Å². The van der Waals surface area contributed by atoms with Crippen LogP contribution in [0.1, 0.15) is 18.1 Å². The van der Waals surface area contributed by atoms with Crippen LogP contribution in [0.25, 0.3) is 0 Å². The second-order valence-electron chi connectivity index (χ2n) is 3.97. The Morgan fingerprint density at radius 2 is 2.21 bits per heavy atom. The number of rotatable bonds is 5. The Kier molecular flexibility index (Phi) is 5.39. The van der Waals surface area contributed by atoms with E-state index in [0.717, 1.165) is 10.5 Å². The van der Waals surface area contributed by atoms with E-state index < -0.39 is 17.9 Å². The smallest absolute Gasteiger partial charge is 0.327 e. The van der Waals surface area contributed by atoms with Crippen LogP contribution in [-0.4, -0.2) is 28.8 Å². The molecule has 0 aliphatic carbocycles. The monoisotopic (exact) mass is 278 g/mol. The third kappa shape index (κ3) is 4.30. The maximum Gasteiger partial charge on any atom is 0.327 e. The van der Waals surface area contributed by atoms with Crippen LogP contribution in [0.5, 0.6) is 0 Å². The zero-order valence-electron chi connectivity index (χ0n) is 10.6. The third-order valence-electron chi connectivity index (χ3n) is 2.40. The van der Waals surface area contributed by atoms with Crippen LogP contribution in [0.4, 0.5) is 0 Å². The molecule has 0 saturated heterocycles. The van der Waals surface area contributed by atoms with E-state index in [0.29, 0.717) is 5.56 Å². The van der Waals surface area contributed by atoms with E-state index in [-0.39, 0.29) is 5.75 Å². The minimum absolute atomic E-state index is 0.175. The zero-order valence-corrected chi connectivity index (χ0v) is 11.5. The Balaban J connectivity index is 2.83. The highest BCUT2D eigenvalue weighted by molar-refractivity contribution is 7.99. The van der Waals surface area contributed by atoms with E-state index in [1.54, 1.807) is 12.1 Å². The lowest BCUT2D eigenvalue weighted by atomic mass is 10.1. The summed E-state index contributed by atoms with van der Waals surface area (Å²) in [5.74, 6) is -1.30. The number of hydrogen-bond donors (Lipinski definition) is 2. The van der Waals surface area contributed by atoms with Crippen molar-refractivity contribution < 1.29 is 14.7 Å². The number of carboxylic acids is 1. The number of nitrogens with one attached hydrogen (secondary N) is 1. The van der Waals surface area contributed by atoms with Gasteiger partial charge in [0.1, 0.15) is 12.1 Å². The van der Waals surface area contributed by atoms with Gasteiger partial charge >= 0.3 is 5.97 Å². The minimum Gasteiger partial charge on any atom is -0.480 e. The Hall–Kier alpha value is -2.00. The molecule has 6 heteroatoms. The standard InChI is InChI=1S/C13H14N2O3S/c1-8-4-3-5-10(6-14)12(8)19-7-11(13(17)18)15-9(2)16/h3-5,11H,7H2,1-2H3,(H,15,16)(H,17,18)/t11-/m0/s1. The maximum absolute atomic E-state index is 11.0. The molecule has 0 unspecified atom stereocenters. The second kappa shape index (κ2) is 6.81. The predicted molar refractivity (Wildman–Crippen MR) is 71.9 cm³/mol. The maximum atomic E-state index is 11.0. The average Bonchev–Trinajstić information content (AvgIpc) is 2.34. The molecule has 0 spiro atoms. The van der Waals surface area contributed by atoms with Crippen molar-refractivity contribution in [3.63, 3.8) is 0 Å². The first-order chi connectivity index (χ1) is 8.95. The van der Waals surface area contributed by atoms with Crippen LogP contribution in [0.15, 0.2) is 23.1 Å². The van der Waals surface area contributed by atoms with E-state index in [1.807, 2.05) is 13.0 Å². The lowest BCUT2D eigenvalue weighted by Gasteiger charge is -2.14. The molecule has 0 aliphatic rings. The van der Waals surface area contributed by atoms with Crippen molar-refractivity contribution >= 4 is 23.6 Å². The van der Waals surface area contributed by atoms with Gasteiger partial charge in [-0.25, -0.2) is 4.79 Å². The molecule has 5 nitrogen and oxygen atoms in total. The van der Waals surface area contributed by atoms with Gasteiger partial charge in [-0.15, -0.1) is 11.8 Å². The summed E-state index contributed by atoms with van der Waals surface area (Å²) in [6, 6.07) is 6.43. The van der Waals surface area contributed by atoms with Crippen LogP contribution < -0.4 is 5.32 Å². The quantitative estimate of drug-likeness (QED) is 0.797. The summed E-state index contributed by atoms with van der Waals surface area (Å²) in [5, 5.41) is 20.4. The predicted octanol–water partition coefficient (Wildman–Crippen LogP) is 1.55. The first-order valence-electron chi connectivity index (χ1n) is 5.58. The van der Waals surface area contributed by atoms with Gasteiger partial charge in [0.2, 0.25) is 5.91 Å². The van der Waals surface area contributed by atoms with Crippen molar-refractivity contribution in [3.05, 3.63) is 29.3 Å². The van der Waals surface area contributed by atoms with Crippen LogP contribution in [0, 0.1) is 18.3 Å². The fourth-order valence-corrected chi connectivity index (χ4v) is 2.64. The molecule has 0 bridgehead atoms. The summed E-state index contributed by atoms with van der Waals surface area (Å²) in [6.07, 6.45) is 0. The number of carbonyl (C=O) groups is 2. The van der Waals surface area contributed by atoms with Gasteiger partial charge in [0, 0.05) is 17.6 Å². The van der Waals surface area contributed by atoms with E-state index in [9.17, 15) is 9.59 Å². The lowest BCUT2D eigenvalue weighted by Crippen LogP contribution is -2.41. The highest BCUT2D eigenvalue weighted by Gasteiger charge is 2.19. The van der Waals surface area contributed by atoms with Gasteiger partial charge in [-0.05, 0) is 18.6 Å². The molecule has 0 heterocycles. The topological polar surface area (TPSA) is 90.2 Å². The largest absolute Gasteiger partial charge is 0.480 e. The summed E-state index contributed by atoms with van der Waals surface area (Å²) >= 11 is 1.26. The molecule has 0 aromatic heterocycles. The van der Waals surface area contributed by atoms with Crippen molar-refractivity contribution in [2.24, 2.45) is 0 Å². The van der Waals surface area contributed by atoms with Crippen molar-refractivity contribution in [2.45, 2.75) is 24.8 Å². The lowest BCUT2D eigenvalue weighted by molar-refractivity contribution is -0.140. The number of benzene rings is 1. The van der Waals surface area contributed by atoms with Gasteiger partial charge in [-0.1, -0.05) is 12.1 Å². The van der Waals surface area contributed by atoms with Crippen LogP contribution in [0.2, 0.25) is 0 Å². The fourth-order valence-electron chi connectivity index (χ4n) is 1.52. The number of hydrogen-bond acceptors (Lipinski definition) is 4. The third-order valence-corrected chi connectivity index (χ3v) is 3.73. The van der Waals surface area contributed by atoms with Gasteiger partial charge in [0.25, 0.3) is 0 Å². The zero-order chi connectivity index (χ0) is 14.4. The van der Waals surface area contributed by atoms with Crippen molar-refractivity contribution in [3.8, 4) is 6.07 Å². The second-order valence-corrected chi connectivity index (χ2v) is 5.00. The number of nitriles is 1. The van der Waals surface area contributed by atoms with E-state index in [1.165, 1.54) is 18.7 Å². The molecule has 0 radical (unpaired) electrons. The normalized spacial score (nSPS) is 11.4. The van der Waals surface area contributed by atoms with Gasteiger partial charge < -0.3 is 10.4 Å². The minimum atomic E-state index is -1.09. The Labute approximate surface area is 115 Å². The summed E-state index contributed by atoms with van der Waals surface area (Å²) < 4.78 is 0. The van der Waals surface area contributed by atoms with E-state index in [4.69, 9.17) is 10.4 Å². The van der Waals surface area contributed by atoms with Gasteiger partial charge in [0.05, 0.1) is 5.56 Å². The summed E-state index contributed by atoms with van der Waals surface area (Å²) in [4.78, 5) is 22.7. The Bertz CT molecular complexity index is 537. The van der Waals surface area contributed by atoms with Crippen LogP contribution >= 0.6 is 11.8 Å². The van der Waals surface area contributed by atoms with Crippen LogP contribution in [0.3, 0.4) is 0 Å². The number of amides is 1. The highest BCUT2D eigenvalue weighted by Crippen LogP contribution is 2.26. The molecule has 0 saturated carbocycles. The number of carbonyl (C=O) groups excluding carboxylic acids is 1. The number of carboxylic acid groups (broad SMARTS) is 1. The van der Waals surface area contributed by atoms with Crippen LogP contribution in [-0.2, 0) is 9.59 Å². The molecule has 1 aromatic rings. The van der Waals surface area contributed by atoms with E-state index >= 15 is 0 Å². The molecule has 0 fully saturated rings. The van der Waals surface area contributed by atoms with Crippen molar-refractivity contribution in [2.75, 3.05) is 5.75 Å². The average molecular weight is 278 g/mol. The molecule has 2 N–H and O–H groups in total. The summed E-state index contributed by atoms with van der Waals surface area (Å²) in [5.41, 5.74) is 1.42. The molecule has 19 heavy (non-hydrogen) atoms. The van der Waals surface area contributed by atoms with Gasteiger partial charge in [0.15, 0.2) is 0 Å². The van der Waals surface area contributed by atoms with Crippen molar-refractivity contribution in [1.82, 2.24) is 5.32 Å². The van der Waals surface area contributed by atoms with Gasteiger partial charge in [-0.2, -0.15) is 5.26 Å². The molecule has 100 valence electrons.